The number of benzene rings is 3. The largest absolute Gasteiger partial charge is 0.508 e. The normalized spacial score (nSPS) is 14.4. The van der Waals surface area contributed by atoms with Crippen LogP contribution in [0.5, 0.6) is 5.75 Å². The standard InChI is InChI=1S/C23H18N2O2S/c1-2-22(27)25-12-16(13-25)14-7-8-20-21(10-14)28-23(24-20)19-11-17(26)9-15-5-3-4-6-18(15)19/h2-11,16,26H,1,12-13H2. The molecule has 2 heterocycles. The van der Waals surface area contributed by atoms with Crippen LogP contribution >= 0.6 is 11.3 Å². The minimum atomic E-state index is -0.00633. The monoisotopic (exact) mass is 386 g/mol. The van der Waals surface area contributed by atoms with E-state index in [4.69, 9.17) is 4.98 Å². The summed E-state index contributed by atoms with van der Waals surface area (Å²) in [6.45, 7) is 5.02. The van der Waals surface area contributed by atoms with E-state index in [2.05, 4.69) is 24.8 Å². The maximum Gasteiger partial charge on any atom is 0.245 e. The van der Waals surface area contributed by atoms with Crippen molar-refractivity contribution in [2.45, 2.75) is 5.92 Å². The summed E-state index contributed by atoms with van der Waals surface area (Å²) >= 11 is 1.63. The van der Waals surface area contributed by atoms with Gasteiger partial charge in [-0.2, -0.15) is 0 Å². The zero-order valence-electron chi connectivity index (χ0n) is 15.1. The Hall–Kier alpha value is -3.18. The molecule has 28 heavy (non-hydrogen) atoms. The van der Waals surface area contributed by atoms with Gasteiger partial charge in [-0.1, -0.05) is 36.9 Å². The predicted molar refractivity (Wildman–Crippen MR) is 114 cm³/mol. The summed E-state index contributed by atoms with van der Waals surface area (Å²) in [5.41, 5.74) is 3.14. The number of hydrogen-bond donors (Lipinski definition) is 1. The Morgan fingerprint density at radius 2 is 2.00 bits per heavy atom. The van der Waals surface area contributed by atoms with Crippen LogP contribution in [0.2, 0.25) is 0 Å². The Morgan fingerprint density at radius 3 is 2.82 bits per heavy atom. The van der Waals surface area contributed by atoms with Crippen LogP contribution < -0.4 is 0 Å². The molecule has 5 rings (SSSR count). The van der Waals surface area contributed by atoms with Crippen molar-refractivity contribution in [3.05, 3.63) is 72.8 Å². The molecule has 0 spiro atoms. The maximum atomic E-state index is 11.7. The van der Waals surface area contributed by atoms with Gasteiger partial charge in [-0.25, -0.2) is 4.98 Å². The molecule has 0 unspecified atom stereocenters. The van der Waals surface area contributed by atoms with Gasteiger partial charge < -0.3 is 10.0 Å². The molecule has 138 valence electrons. The van der Waals surface area contributed by atoms with E-state index in [0.29, 0.717) is 5.92 Å². The molecule has 1 N–H and O–H groups in total. The molecule has 1 saturated heterocycles. The number of amides is 1. The number of thiazole rings is 1. The first-order chi connectivity index (χ1) is 13.6. The Morgan fingerprint density at radius 1 is 1.18 bits per heavy atom. The lowest BCUT2D eigenvalue weighted by molar-refractivity contribution is -0.130. The summed E-state index contributed by atoms with van der Waals surface area (Å²) in [4.78, 5) is 18.3. The van der Waals surface area contributed by atoms with Gasteiger partial charge in [0.05, 0.1) is 10.2 Å². The van der Waals surface area contributed by atoms with Crippen molar-refractivity contribution < 1.29 is 9.90 Å². The minimum absolute atomic E-state index is 0.00633. The minimum Gasteiger partial charge on any atom is -0.508 e. The van der Waals surface area contributed by atoms with Crippen molar-refractivity contribution in [1.82, 2.24) is 9.88 Å². The maximum absolute atomic E-state index is 11.7. The van der Waals surface area contributed by atoms with Gasteiger partial charge in [0, 0.05) is 24.6 Å². The van der Waals surface area contributed by atoms with Gasteiger partial charge in [0.2, 0.25) is 5.91 Å². The summed E-state index contributed by atoms with van der Waals surface area (Å²) in [5, 5.41) is 13.1. The van der Waals surface area contributed by atoms with E-state index in [-0.39, 0.29) is 11.7 Å². The lowest BCUT2D eigenvalue weighted by atomic mass is 9.91. The van der Waals surface area contributed by atoms with Gasteiger partial charge in [0.15, 0.2) is 0 Å². The van der Waals surface area contributed by atoms with Crippen molar-refractivity contribution in [2.75, 3.05) is 13.1 Å². The highest BCUT2D eigenvalue weighted by molar-refractivity contribution is 7.21. The average Bonchev–Trinajstić information content (AvgIpc) is 3.09. The molecule has 5 heteroatoms. The van der Waals surface area contributed by atoms with Crippen LogP contribution in [0.3, 0.4) is 0 Å². The van der Waals surface area contributed by atoms with Gasteiger partial charge in [-0.3, -0.25) is 4.79 Å². The molecule has 0 bridgehead atoms. The molecule has 0 saturated carbocycles. The van der Waals surface area contributed by atoms with Crippen LogP contribution in [-0.2, 0) is 4.79 Å². The number of rotatable bonds is 3. The van der Waals surface area contributed by atoms with Gasteiger partial charge in [0.1, 0.15) is 10.8 Å². The summed E-state index contributed by atoms with van der Waals surface area (Å²) in [6.07, 6.45) is 1.37. The number of carbonyl (C=O) groups excluding carboxylic acids is 1. The molecule has 1 amide bonds. The van der Waals surface area contributed by atoms with E-state index in [9.17, 15) is 9.90 Å². The van der Waals surface area contributed by atoms with Gasteiger partial charge in [0.25, 0.3) is 0 Å². The van der Waals surface area contributed by atoms with Crippen LogP contribution in [0.1, 0.15) is 11.5 Å². The first-order valence-corrected chi connectivity index (χ1v) is 9.98. The third kappa shape index (κ3) is 2.75. The highest BCUT2D eigenvalue weighted by atomic mass is 32.1. The van der Waals surface area contributed by atoms with E-state index in [1.807, 2.05) is 24.3 Å². The third-order valence-corrected chi connectivity index (χ3v) is 6.38. The Kier molecular flexibility index (Phi) is 3.91. The number of likely N-dealkylation sites (tertiary alicyclic amines) is 1. The van der Waals surface area contributed by atoms with Crippen LogP contribution in [0.25, 0.3) is 31.6 Å². The highest BCUT2D eigenvalue weighted by Crippen LogP contribution is 2.38. The average molecular weight is 386 g/mol. The van der Waals surface area contributed by atoms with Crippen molar-refractivity contribution >= 4 is 38.2 Å². The molecule has 3 aromatic carbocycles. The zero-order valence-corrected chi connectivity index (χ0v) is 15.9. The van der Waals surface area contributed by atoms with Crippen molar-refractivity contribution in [3.8, 4) is 16.3 Å². The lowest BCUT2D eigenvalue weighted by Crippen LogP contribution is -2.47. The first kappa shape index (κ1) is 17.0. The lowest BCUT2D eigenvalue weighted by Gasteiger charge is -2.39. The fourth-order valence-electron chi connectivity index (χ4n) is 3.78. The molecule has 1 aliphatic rings. The Labute approximate surface area is 166 Å². The van der Waals surface area contributed by atoms with E-state index >= 15 is 0 Å². The SMILES string of the molecule is C=CC(=O)N1CC(c2ccc3nc(-c4cc(O)cc5ccccc45)sc3c2)C1. The Balaban J connectivity index is 1.52. The molecule has 1 aliphatic heterocycles. The number of fused-ring (bicyclic) bond motifs is 2. The Bertz CT molecular complexity index is 1240. The number of aromatic nitrogens is 1. The first-order valence-electron chi connectivity index (χ1n) is 9.16. The number of phenols is 1. The fourth-order valence-corrected chi connectivity index (χ4v) is 4.82. The topological polar surface area (TPSA) is 53.4 Å². The fraction of sp³-hybridized carbons (Fsp3) is 0.130. The quantitative estimate of drug-likeness (QED) is 0.508. The summed E-state index contributed by atoms with van der Waals surface area (Å²) in [6, 6.07) is 17.9. The number of phenolic OH excluding ortho intramolecular Hbond substituents is 1. The van der Waals surface area contributed by atoms with Crippen molar-refractivity contribution in [2.24, 2.45) is 0 Å². The van der Waals surface area contributed by atoms with Gasteiger partial charge >= 0.3 is 0 Å². The molecule has 0 radical (unpaired) electrons. The van der Waals surface area contributed by atoms with E-state index in [1.54, 1.807) is 28.4 Å². The third-order valence-electron chi connectivity index (χ3n) is 5.33. The molecule has 4 aromatic rings. The molecule has 1 fully saturated rings. The second kappa shape index (κ2) is 6.46. The number of aromatic hydroxyl groups is 1. The number of nitrogens with zero attached hydrogens (tertiary/aromatic N) is 2. The molecule has 0 aliphatic carbocycles. The molecular weight excluding hydrogens is 368 g/mol. The van der Waals surface area contributed by atoms with E-state index in [0.717, 1.165) is 44.6 Å². The molecule has 1 aromatic heterocycles. The van der Waals surface area contributed by atoms with Crippen molar-refractivity contribution in [1.29, 1.82) is 0 Å². The van der Waals surface area contributed by atoms with E-state index in [1.165, 1.54) is 11.6 Å². The number of carbonyl (C=O) groups is 1. The summed E-state index contributed by atoms with van der Waals surface area (Å²) < 4.78 is 1.12. The zero-order chi connectivity index (χ0) is 19.3. The number of hydrogen-bond acceptors (Lipinski definition) is 4. The van der Waals surface area contributed by atoms with Gasteiger partial charge in [-0.15, -0.1) is 11.3 Å². The van der Waals surface area contributed by atoms with Crippen molar-refractivity contribution in [3.63, 3.8) is 0 Å². The summed E-state index contributed by atoms with van der Waals surface area (Å²) in [7, 11) is 0. The second-order valence-electron chi connectivity index (χ2n) is 7.10. The van der Waals surface area contributed by atoms with Crippen LogP contribution in [-0.4, -0.2) is 34.0 Å². The van der Waals surface area contributed by atoms with E-state index < -0.39 is 0 Å². The van der Waals surface area contributed by atoms with Crippen LogP contribution in [0.4, 0.5) is 0 Å². The highest BCUT2D eigenvalue weighted by Gasteiger charge is 2.30. The second-order valence-corrected chi connectivity index (χ2v) is 8.14. The van der Waals surface area contributed by atoms with Crippen LogP contribution in [0.15, 0.2) is 67.3 Å². The smallest absolute Gasteiger partial charge is 0.245 e. The van der Waals surface area contributed by atoms with Crippen LogP contribution in [0, 0.1) is 0 Å². The van der Waals surface area contributed by atoms with Gasteiger partial charge in [-0.05, 0) is 46.7 Å². The molecule has 0 atom stereocenters. The molecule has 4 nitrogen and oxygen atoms in total. The summed E-state index contributed by atoms with van der Waals surface area (Å²) in [5.74, 6) is 0.601. The predicted octanol–water partition coefficient (Wildman–Crippen LogP) is 4.93. The molecular formula is C23H18N2O2S.